The predicted octanol–water partition coefficient (Wildman–Crippen LogP) is 3.99. The highest BCUT2D eigenvalue weighted by molar-refractivity contribution is 5.98. The van der Waals surface area contributed by atoms with Crippen LogP contribution in [0.2, 0.25) is 0 Å². The highest BCUT2D eigenvalue weighted by Crippen LogP contribution is 2.17. The Morgan fingerprint density at radius 2 is 1.87 bits per heavy atom. The quantitative estimate of drug-likeness (QED) is 0.821. The number of nitrogens with one attached hydrogen (secondary N) is 1. The summed E-state index contributed by atoms with van der Waals surface area (Å²) < 4.78 is 5.78. The van der Waals surface area contributed by atoms with Gasteiger partial charge in [-0.25, -0.2) is 0 Å². The van der Waals surface area contributed by atoms with Crippen LogP contribution in [0.5, 0.6) is 5.75 Å². The van der Waals surface area contributed by atoms with Gasteiger partial charge in [0.25, 0.3) is 5.91 Å². The lowest BCUT2D eigenvalue weighted by Gasteiger charge is -2.17. The van der Waals surface area contributed by atoms with Gasteiger partial charge in [0, 0.05) is 11.3 Å². The number of amides is 1. The average Bonchev–Trinajstić information content (AvgIpc) is 2.52. The van der Waals surface area contributed by atoms with Crippen molar-refractivity contribution in [3.05, 3.63) is 59.7 Å². The standard InChI is InChI=1S/C19H21NO3/c1-4-18(23-17-10-5-7-13(2)11-17)19(22)20-16-9-6-8-15(12-16)14(3)21/h5-12,18H,4H2,1-3H3,(H,20,22). The molecular weight excluding hydrogens is 290 g/mol. The maximum Gasteiger partial charge on any atom is 0.265 e. The van der Waals surface area contributed by atoms with Crippen LogP contribution in [0.4, 0.5) is 5.69 Å². The van der Waals surface area contributed by atoms with Crippen LogP contribution in [0, 0.1) is 6.92 Å². The van der Waals surface area contributed by atoms with Crippen LogP contribution in [0.1, 0.15) is 36.2 Å². The zero-order valence-corrected chi connectivity index (χ0v) is 13.6. The first-order valence-corrected chi connectivity index (χ1v) is 7.64. The number of aryl methyl sites for hydroxylation is 1. The summed E-state index contributed by atoms with van der Waals surface area (Å²) >= 11 is 0. The van der Waals surface area contributed by atoms with E-state index in [1.807, 2.05) is 38.1 Å². The number of ether oxygens (including phenoxy) is 1. The molecular formula is C19H21NO3. The second-order valence-electron chi connectivity index (χ2n) is 5.46. The van der Waals surface area contributed by atoms with Crippen molar-refractivity contribution in [1.29, 1.82) is 0 Å². The minimum absolute atomic E-state index is 0.0378. The molecule has 2 rings (SSSR count). The number of carbonyl (C=O) groups is 2. The van der Waals surface area contributed by atoms with Crippen LogP contribution in [-0.2, 0) is 4.79 Å². The number of hydrogen-bond acceptors (Lipinski definition) is 3. The lowest BCUT2D eigenvalue weighted by Crippen LogP contribution is -2.32. The maximum absolute atomic E-state index is 12.4. The molecule has 0 fully saturated rings. The van der Waals surface area contributed by atoms with Crippen molar-refractivity contribution in [2.24, 2.45) is 0 Å². The molecule has 0 radical (unpaired) electrons. The molecule has 1 amide bonds. The Hall–Kier alpha value is -2.62. The molecule has 0 bridgehead atoms. The molecule has 1 N–H and O–H groups in total. The van der Waals surface area contributed by atoms with Gasteiger partial charge < -0.3 is 10.1 Å². The van der Waals surface area contributed by atoms with E-state index in [1.165, 1.54) is 6.92 Å². The number of Topliss-reactive ketones (excluding diaryl/α,β-unsaturated/α-hetero) is 1. The first-order chi connectivity index (χ1) is 11.0. The number of ketones is 1. The largest absolute Gasteiger partial charge is 0.481 e. The SMILES string of the molecule is CCC(Oc1cccc(C)c1)C(=O)Nc1cccc(C(C)=O)c1. The Morgan fingerprint density at radius 1 is 1.13 bits per heavy atom. The monoisotopic (exact) mass is 311 g/mol. The fourth-order valence-corrected chi connectivity index (χ4v) is 2.21. The fourth-order valence-electron chi connectivity index (χ4n) is 2.21. The normalized spacial score (nSPS) is 11.6. The molecule has 1 atom stereocenters. The minimum Gasteiger partial charge on any atom is -0.481 e. The van der Waals surface area contributed by atoms with Gasteiger partial charge in [-0.15, -0.1) is 0 Å². The molecule has 2 aromatic carbocycles. The van der Waals surface area contributed by atoms with Crippen molar-refractivity contribution in [3.63, 3.8) is 0 Å². The predicted molar refractivity (Wildman–Crippen MR) is 91.0 cm³/mol. The molecule has 0 heterocycles. The van der Waals surface area contributed by atoms with Crippen molar-refractivity contribution < 1.29 is 14.3 Å². The summed E-state index contributed by atoms with van der Waals surface area (Å²) in [5.41, 5.74) is 2.23. The molecule has 0 saturated heterocycles. The summed E-state index contributed by atoms with van der Waals surface area (Å²) in [6.07, 6.45) is -0.0376. The molecule has 0 spiro atoms. The molecule has 0 aliphatic carbocycles. The van der Waals surface area contributed by atoms with Crippen LogP contribution in [0.3, 0.4) is 0 Å². The smallest absolute Gasteiger partial charge is 0.265 e. The van der Waals surface area contributed by atoms with E-state index in [4.69, 9.17) is 4.74 Å². The summed E-state index contributed by atoms with van der Waals surface area (Å²) in [4.78, 5) is 23.8. The fraction of sp³-hybridized carbons (Fsp3) is 0.263. The second-order valence-corrected chi connectivity index (χ2v) is 5.46. The summed E-state index contributed by atoms with van der Waals surface area (Å²) in [6.45, 7) is 5.36. The van der Waals surface area contributed by atoms with Crippen molar-refractivity contribution >= 4 is 17.4 Å². The Kier molecular flexibility index (Phi) is 5.52. The number of hydrogen-bond donors (Lipinski definition) is 1. The Bertz CT molecular complexity index is 709. The van der Waals surface area contributed by atoms with Gasteiger partial charge in [-0.05, 0) is 50.1 Å². The first kappa shape index (κ1) is 16.7. The highest BCUT2D eigenvalue weighted by Gasteiger charge is 2.18. The van der Waals surface area contributed by atoms with Crippen LogP contribution in [-0.4, -0.2) is 17.8 Å². The van der Waals surface area contributed by atoms with Gasteiger partial charge in [0.1, 0.15) is 5.75 Å². The van der Waals surface area contributed by atoms with Crippen LogP contribution >= 0.6 is 0 Å². The maximum atomic E-state index is 12.4. The number of benzene rings is 2. The average molecular weight is 311 g/mol. The number of rotatable bonds is 6. The van der Waals surface area contributed by atoms with Crippen molar-refractivity contribution in [3.8, 4) is 5.75 Å². The van der Waals surface area contributed by atoms with E-state index >= 15 is 0 Å². The van der Waals surface area contributed by atoms with Crippen LogP contribution in [0.25, 0.3) is 0 Å². The van der Waals surface area contributed by atoms with Gasteiger partial charge in [0.05, 0.1) is 0 Å². The van der Waals surface area contributed by atoms with E-state index in [9.17, 15) is 9.59 Å². The summed E-state index contributed by atoms with van der Waals surface area (Å²) in [5.74, 6) is 0.406. The van der Waals surface area contributed by atoms with Gasteiger partial charge in [0.15, 0.2) is 11.9 Å². The van der Waals surface area contributed by atoms with Gasteiger partial charge in [-0.3, -0.25) is 9.59 Å². The lowest BCUT2D eigenvalue weighted by molar-refractivity contribution is -0.122. The molecule has 0 aliphatic heterocycles. The summed E-state index contributed by atoms with van der Waals surface area (Å²) in [5, 5.41) is 2.81. The number of carbonyl (C=O) groups excluding carboxylic acids is 2. The zero-order valence-electron chi connectivity index (χ0n) is 13.6. The third-order valence-corrected chi connectivity index (χ3v) is 3.47. The van der Waals surface area contributed by atoms with E-state index in [0.717, 1.165) is 5.56 Å². The van der Waals surface area contributed by atoms with Gasteiger partial charge in [0.2, 0.25) is 0 Å². The molecule has 23 heavy (non-hydrogen) atoms. The van der Waals surface area contributed by atoms with Crippen LogP contribution in [0.15, 0.2) is 48.5 Å². The van der Waals surface area contributed by atoms with Crippen molar-refractivity contribution in [1.82, 2.24) is 0 Å². The van der Waals surface area contributed by atoms with E-state index in [2.05, 4.69) is 5.32 Å². The summed E-state index contributed by atoms with van der Waals surface area (Å²) in [7, 11) is 0. The molecule has 0 aliphatic rings. The Labute approximate surface area is 136 Å². The highest BCUT2D eigenvalue weighted by atomic mass is 16.5. The van der Waals surface area contributed by atoms with Crippen molar-refractivity contribution in [2.45, 2.75) is 33.3 Å². The minimum atomic E-state index is -0.585. The second kappa shape index (κ2) is 7.58. The molecule has 0 aromatic heterocycles. The molecule has 2 aromatic rings. The Morgan fingerprint density at radius 3 is 2.52 bits per heavy atom. The number of anilines is 1. The molecule has 4 heteroatoms. The molecule has 0 saturated carbocycles. The van der Waals surface area contributed by atoms with Gasteiger partial charge >= 0.3 is 0 Å². The van der Waals surface area contributed by atoms with Gasteiger partial charge in [-0.1, -0.05) is 31.2 Å². The van der Waals surface area contributed by atoms with E-state index in [1.54, 1.807) is 24.3 Å². The third-order valence-electron chi connectivity index (χ3n) is 3.47. The summed E-state index contributed by atoms with van der Waals surface area (Å²) in [6, 6.07) is 14.5. The van der Waals surface area contributed by atoms with Crippen LogP contribution < -0.4 is 10.1 Å². The molecule has 120 valence electrons. The molecule has 1 unspecified atom stereocenters. The van der Waals surface area contributed by atoms with E-state index in [-0.39, 0.29) is 11.7 Å². The zero-order chi connectivity index (χ0) is 16.8. The van der Waals surface area contributed by atoms with E-state index in [0.29, 0.717) is 23.4 Å². The van der Waals surface area contributed by atoms with Gasteiger partial charge in [-0.2, -0.15) is 0 Å². The third kappa shape index (κ3) is 4.68. The van der Waals surface area contributed by atoms with Crippen molar-refractivity contribution in [2.75, 3.05) is 5.32 Å². The topological polar surface area (TPSA) is 55.4 Å². The first-order valence-electron chi connectivity index (χ1n) is 7.64. The Balaban J connectivity index is 2.08. The lowest BCUT2D eigenvalue weighted by atomic mass is 10.1. The molecule has 4 nitrogen and oxygen atoms in total. The van der Waals surface area contributed by atoms with E-state index < -0.39 is 6.10 Å².